The van der Waals surface area contributed by atoms with Crippen LogP contribution in [0.2, 0.25) is 0 Å². The summed E-state index contributed by atoms with van der Waals surface area (Å²) in [6, 6.07) is 7.60. The zero-order valence-corrected chi connectivity index (χ0v) is 11.9. The Hall–Kier alpha value is -1.95. The van der Waals surface area contributed by atoms with E-state index in [1.807, 2.05) is 24.3 Å². The average Bonchev–Trinajstić information content (AvgIpc) is 2.89. The van der Waals surface area contributed by atoms with Gasteiger partial charge in [0, 0.05) is 42.4 Å². The number of H-pyrrole nitrogens is 1. The van der Waals surface area contributed by atoms with Gasteiger partial charge >= 0.3 is 0 Å². The van der Waals surface area contributed by atoms with Crippen LogP contribution in [-0.4, -0.2) is 35.6 Å². The molecule has 0 aliphatic heterocycles. The van der Waals surface area contributed by atoms with E-state index in [2.05, 4.69) is 28.2 Å². The van der Waals surface area contributed by atoms with E-state index in [0.29, 0.717) is 24.4 Å². The van der Waals surface area contributed by atoms with Crippen molar-refractivity contribution in [2.75, 3.05) is 18.8 Å². The number of thiol groups is 1. The van der Waals surface area contributed by atoms with Gasteiger partial charge in [0.25, 0.3) is 5.91 Å². The topological polar surface area (TPSA) is 74.0 Å². The number of para-hydroxylation sites is 1. The molecule has 1 heterocycles. The Kier molecular flexibility index (Phi) is 5.06. The van der Waals surface area contributed by atoms with Crippen LogP contribution >= 0.6 is 12.6 Å². The zero-order chi connectivity index (χ0) is 14.4. The summed E-state index contributed by atoms with van der Waals surface area (Å²) < 4.78 is 0. The first-order chi connectivity index (χ1) is 9.72. The monoisotopic (exact) mass is 291 g/mol. The number of fused-ring (bicyclic) bond motifs is 1. The van der Waals surface area contributed by atoms with Crippen LogP contribution in [0.15, 0.2) is 30.5 Å². The quantitative estimate of drug-likeness (QED) is 0.606. The average molecular weight is 291 g/mol. The van der Waals surface area contributed by atoms with Crippen molar-refractivity contribution in [1.29, 1.82) is 0 Å². The van der Waals surface area contributed by atoms with Gasteiger partial charge in [0.05, 0.1) is 5.56 Å². The lowest BCUT2D eigenvalue weighted by atomic mass is 10.1. The molecule has 0 saturated heterocycles. The summed E-state index contributed by atoms with van der Waals surface area (Å²) in [7, 11) is 0. The molecule has 0 fully saturated rings. The van der Waals surface area contributed by atoms with Crippen LogP contribution in [0.25, 0.3) is 10.9 Å². The van der Waals surface area contributed by atoms with Crippen molar-refractivity contribution in [3.8, 4) is 0 Å². The molecule has 0 aliphatic carbocycles. The molecule has 0 bridgehead atoms. The maximum absolute atomic E-state index is 12.0. The molecule has 20 heavy (non-hydrogen) atoms. The number of hydrogen-bond donors (Lipinski definition) is 4. The Bertz CT molecular complexity index is 609. The number of rotatable bonds is 6. The molecule has 0 aliphatic rings. The molecule has 0 radical (unpaired) electrons. The molecule has 1 aromatic heterocycles. The van der Waals surface area contributed by atoms with Gasteiger partial charge in [-0.05, 0) is 6.07 Å². The van der Waals surface area contributed by atoms with Gasteiger partial charge in [0.1, 0.15) is 0 Å². The molecule has 0 saturated carbocycles. The summed E-state index contributed by atoms with van der Waals surface area (Å²) in [4.78, 5) is 26.5. The largest absolute Gasteiger partial charge is 0.360 e. The second-order valence-corrected chi connectivity index (χ2v) is 4.77. The zero-order valence-electron chi connectivity index (χ0n) is 11.0. The van der Waals surface area contributed by atoms with E-state index < -0.39 is 0 Å². The number of aromatic amines is 1. The lowest BCUT2D eigenvalue weighted by Crippen LogP contribution is -2.31. The number of hydrogen-bond acceptors (Lipinski definition) is 3. The first-order valence-corrected chi connectivity index (χ1v) is 7.07. The van der Waals surface area contributed by atoms with Crippen molar-refractivity contribution in [2.45, 2.75) is 6.42 Å². The number of amides is 2. The second kappa shape index (κ2) is 7.00. The minimum absolute atomic E-state index is 0.0849. The highest BCUT2D eigenvalue weighted by molar-refractivity contribution is 7.80. The minimum atomic E-state index is -0.176. The Morgan fingerprint density at radius 2 is 1.95 bits per heavy atom. The van der Waals surface area contributed by atoms with Gasteiger partial charge in [-0.1, -0.05) is 18.2 Å². The molecule has 0 unspecified atom stereocenters. The molecule has 5 nitrogen and oxygen atoms in total. The number of carbonyl (C=O) groups excluding carboxylic acids is 2. The maximum Gasteiger partial charge on any atom is 0.253 e. The van der Waals surface area contributed by atoms with Gasteiger partial charge in [-0.15, -0.1) is 0 Å². The highest BCUT2D eigenvalue weighted by atomic mass is 32.1. The Balaban J connectivity index is 1.88. The number of carbonyl (C=O) groups is 2. The van der Waals surface area contributed by atoms with E-state index in [4.69, 9.17) is 0 Å². The molecule has 2 amide bonds. The van der Waals surface area contributed by atoms with E-state index in [-0.39, 0.29) is 18.2 Å². The van der Waals surface area contributed by atoms with E-state index in [1.54, 1.807) is 6.20 Å². The van der Waals surface area contributed by atoms with E-state index >= 15 is 0 Å². The van der Waals surface area contributed by atoms with Gasteiger partial charge in [0.2, 0.25) is 5.91 Å². The van der Waals surface area contributed by atoms with E-state index in [1.165, 1.54) is 0 Å². The van der Waals surface area contributed by atoms with Crippen LogP contribution in [0.5, 0.6) is 0 Å². The van der Waals surface area contributed by atoms with Crippen molar-refractivity contribution in [1.82, 2.24) is 15.6 Å². The normalized spacial score (nSPS) is 10.4. The third-order valence-electron chi connectivity index (χ3n) is 2.91. The maximum atomic E-state index is 12.0. The Labute approximate surface area is 122 Å². The summed E-state index contributed by atoms with van der Waals surface area (Å²) >= 11 is 4.01. The highest BCUT2D eigenvalue weighted by Gasteiger charge is 2.11. The molecule has 1 aromatic carbocycles. The lowest BCUT2D eigenvalue weighted by Gasteiger charge is -2.05. The molecular weight excluding hydrogens is 274 g/mol. The van der Waals surface area contributed by atoms with Crippen LogP contribution in [0.3, 0.4) is 0 Å². The molecule has 0 atom stereocenters. The summed E-state index contributed by atoms with van der Waals surface area (Å²) in [5.74, 6) is 0.343. The lowest BCUT2D eigenvalue weighted by molar-refractivity contribution is -0.120. The summed E-state index contributed by atoms with van der Waals surface area (Å²) in [5, 5.41) is 6.32. The second-order valence-electron chi connectivity index (χ2n) is 4.33. The Morgan fingerprint density at radius 1 is 1.15 bits per heavy atom. The molecule has 2 aromatic rings. The minimum Gasteiger partial charge on any atom is -0.360 e. The van der Waals surface area contributed by atoms with Crippen LogP contribution in [0.1, 0.15) is 16.8 Å². The standard InChI is InChI=1S/C14H17N3O2S/c18-13(15-7-8-20)5-6-16-14(19)11-9-17-12-4-2-1-3-10(11)12/h1-4,9,17,20H,5-8H2,(H,15,18)(H,16,19). The Morgan fingerprint density at radius 3 is 2.75 bits per heavy atom. The van der Waals surface area contributed by atoms with Crippen molar-refractivity contribution in [2.24, 2.45) is 0 Å². The molecule has 106 valence electrons. The van der Waals surface area contributed by atoms with Gasteiger partial charge in [-0.25, -0.2) is 0 Å². The van der Waals surface area contributed by atoms with Crippen molar-refractivity contribution >= 4 is 35.3 Å². The van der Waals surface area contributed by atoms with Crippen molar-refractivity contribution in [3.63, 3.8) is 0 Å². The third-order valence-corrected chi connectivity index (χ3v) is 3.13. The van der Waals surface area contributed by atoms with E-state index in [0.717, 1.165) is 10.9 Å². The van der Waals surface area contributed by atoms with Crippen LogP contribution in [-0.2, 0) is 4.79 Å². The highest BCUT2D eigenvalue weighted by Crippen LogP contribution is 2.17. The predicted octanol–water partition coefficient (Wildman–Crippen LogP) is 1.33. The number of nitrogens with one attached hydrogen (secondary N) is 3. The van der Waals surface area contributed by atoms with E-state index in [9.17, 15) is 9.59 Å². The smallest absolute Gasteiger partial charge is 0.253 e. The van der Waals surface area contributed by atoms with Gasteiger partial charge in [0.15, 0.2) is 0 Å². The summed E-state index contributed by atoms with van der Waals surface area (Å²) in [6.45, 7) is 0.856. The predicted molar refractivity (Wildman–Crippen MR) is 82.1 cm³/mol. The molecule has 3 N–H and O–H groups in total. The number of benzene rings is 1. The fourth-order valence-corrected chi connectivity index (χ4v) is 2.04. The SMILES string of the molecule is O=C(CCNC(=O)c1c[nH]c2ccccc12)NCCS. The first kappa shape index (κ1) is 14.5. The number of aromatic nitrogens is 1. The van der Waals surface area contributed by atoms with Gasteiger partial charge < -0.3 is 15.6 Å². The summed E-state index contributed by atoms with van der Waals surface area (Å²) in [6.07, 6.45) is 1.95. The van der Waals surface area contributed by atoms with Gasteiger partial charge in [-0.3, -0.25) is 9.59 Å². The first-order valence-electron chi connectivity index (χ1n) is 6.44. The fourth-order valence-electron chi connectivity index (χ4n) is 1.93. The summed E-state index contributed by atoms with van der Waals surface area (Å²) in [5.41, 5.74) is 1.51. The molecule has 6 heteroatoms. The van der Waals surface area contributed by atoms with Crippen molar-refractivity contribution < 1.29 is 9.59 Å². The van der Waals surface area contributed by atoms with Crippen molar-refractivity contribution in [3.05, 3.63) is 36.0 Å². The van der Waals surface area contributed by atoms with Crippen LogP contribution in [0, 0.1) is 0 Å². The third kappa shape index (κ3) is 3.54. The van der Waals surface area contributed by atoms with Crippen LogP contribution in [0.4, 0.5) is 0 Å². The fraction of sp³-hybridized carbons (Fsp3) is 0.286. The molecule has 2 rings (SSSR count). The molecular formula is C14H17N3O2S. The molecule has 0 spiro atoms. The van der Waals surface area contributed by atoms with Gasteiger partial charge in [-0.2, -0.15) is 12.6 Å². The van der Waals surface area contributed by atoms with Crippen LogP contribution < -0.4 is 10.6 Å².